The minimum atomic E-state index is 0.802. The van der Waals surface area contributed by atoms with E-state index in [2.05, 4.69) is 30.9 Å². The van der Waals surface area contributed by atoms with Crippen LogP contribution in [0.3, 0.4) is 0 Å². The molecule has 1 aliphatic heterocycles. The van der Waals surface area contributed by atoms with Gasteiger partial charge in [0.05, 0.1) is 0 Å². The Morgan fingerprint density at radius 2 is 2.29 bits per heavy atom. The number of piperidine rings is 1. The van der Waals surface area contributed by atoms with E-state index >= 15 is 0 Å². The van der Waals surface area contributed by atoms with Crippen LogP contribution in [0, 0.1) is 12.8 Å². The highest BCUT2D eigenvalue weighted by molar-refractivity contribution is 5.27. The quantitative estimate of drug-likeness (QED) is 0.792. The maximum atomic E-state index is 5.78. The van der Waals surface area contributed by atoms with Crippen LogP contribution in [0.25, 0.3) is 0 Å². The average molecular weight is 233 g/mol. The van der Waals surface area contributed by atoms with Gasteiger partial charge in [0.25, 0.3) is 0 Å². The van der Waals surface area contributed by atoms with Crippen LogP contribution in [0.2, 0.25) is 0 Å². The molecule has 1 aromatic carbocycles. The second-order valence-electron chi connectivity index (χ2n) is 5.21. The summed E-state index contributed by atoms with van der Waals surface area (Å²) in [4.78, 5) is 2.52. The minimum Gasteiger partial charge on any atom is -0.492 e. The Balaban J connectivity index is 1.72. The number of hydrogen-bond acceptors (Lipinski definition) is 2. The zero-order valence-electron chi connectivity index (χ0n) is 11.0. The number of hydrogen-bond donors (Lipinski definition) is 0. The van der Waals surface area contributed by atoms with Crippen molar-refractivity contribution >= 4 is 0 Å². The Labute approximate surface area is 105 Å². The maximum absolute atomic E-state index is 5.78. The van der Waals surface area contributed by atoms with Crippen LogP contribution in [0.4, 0.5) is 0 Å². The summed E-state index contributed by atoms with van der Waals surface area (Å²) in [7, 11) is 0. The van der Waals surface area contributed by atoms with E-state index in [-0.39, 0.29) is 0 Å². The van der Waals surface area contributed by atoms with Crippen molar-refractivity contribution in [3.63, 3.8) is 0 Å². The summed E-state index contributed by atoms with van der Waals surface area (Å²) in [5.41, 5.74) is 1.26. The molecule has 0 spiro atoms. The van der Waals surface area contributed by atoms with E-state index in [1.807, 2.05) is 12.1 Å². The molecule has 2 nitrogen and oxygen atoms in total. The van der Waals surface area contributed by atoms with E-state index in [9.17, 15) is 0 Å². The van der Waals surface area contributed by atoms with Gasteiger partial charge in [0.1, 0.15) is 12.4 Å². The lowest BCUT2D eigenvalue weighted by atomic mass is 10.0. The van der Waals surface area contributed by atoms with Gasteiger partial charge in [-0.1, -0.05) is 19.1 Å². The standard InChI is InChI=1S/C15H23NO/c1-13-5-3-7-15(11-13)17-10-9-16-8-4-6-14(2)12-16/h3,5,7,11,14H,4,6,8-10,12H2,1-2H3. The van der Waals surface area contributed by atoms with Gasteiger partial charge in [-0.2, -0.15) is 0 Å². The van der Waals surface area contributed by atoms with E-state index in [0.29, 0.717) is 0 Å². The highest BCUT2D eigenvalue weighted by Gasteiger charge is 2.15. The van der Waals surface area contributed by atoms with Crippen LogP contribution in [-0.2, 0) is 0 Å². The average Bonchev–Trinajstić information content (AvgIpc) is 2.29. The van der Waals surface area contributed by atoms with E-state index in [4.69, 9.17) is 4.74 Å². The summed E-state index contributed by atoms with van der Waals surface area (Å²) in [6, 6.07) is 8.28. The van der Waals surface area contributed by atoms with Crippen LogP contribution in [-0.4, -0.2) is 31.1 Å². The molecule has 1 aromatic rings. The highest BCUT2D eigenvalue weighted by Crippen LogP contribution is 2.16. The highest BCUT2D eigenvalue weighted by atomic mass is 16.5. The van der Waals surface area contributed by atoms with Crippen LogP contribution >= 0.6 is 0 Å². The van der Waals surface area contributed by atoms with E-state index < -0.39 is 0 Å². The molecule has 0 aromatic heterocycles. The van der Waals surface area contributed by atoms with Gasteiger partial charge in [0.2, 0.25) is 0 Å². The molecule has 17 heavy (non-hydrogen) atoms. The number of ether oxygens (including phenoxy) is 1. The van der Waals surface area contributed by atoms with Crippen LogP contribution in [0.15, 0.2) is 24.3 Å². The molecule has 1 saturated heterocycles. The third kappa shape index (κ3) is 4.04. The number of nitrogens with zero attached hydrogens (tertiary/aromatic N) is 1. The molecule has 0 amide bonds. The van der Waals surface area contributed by atoms with Crippen molar-refractivity contribution in [2.75, 3.05) is 26.2 Å². The van der Waals surface area contributed by atoms with Gasteiger partial charge in [-0.3, -0.25) is 4.90 Å². The lowest BCUT2D eigenvalue weighted by molar-refractivity contribution is 0.153. The Kier molecular flexibility index (Phi) is 4.43. The number of benzene rings is 1. The van der Waals surface area contributed by atoms with Gasteiger partial charge in [0, 0.05) is 13.1 Å². The zero-order valence-corrected chi connectivity index (χ0v) is 11.0. The van der Waals surface area contributed by atoms with Gasteiger partial charge < -0.3 is 4.74 Å². The Morgan fingerprint density at radius 3 is 3.06 bits per heavy atom. The first-order chi connectivity index (χ1) is 8.24. The molecule has 0 radical (unpaired) electrons. The van der Waals surface area contributed by atoms with Crippen molar-refractivity contribution in [1.29, 1.82) is 0 Å². The molecule has 0 saturated carbocycles. The predicted molar refractivity (Wildman–Crippen MR) is 71.5 cm³/mol. The Bertz CT molecular complexity index is 351. The predicted octanol–water partition coefficient (Wildman–Crippen LogP) is 3.11. The van der Waals surface area contributed by atoms with Gasteiger partial charge in [-0.25, -0.2) is 0 Å². The second kappa shape index (κ2) is 6.06. The van der Waals surface area contributed by atoms with Crippen LogP contribution < -0.4 is 4.74 Å². The fraction of sp³-hybridized carbons (Fsp3) is 0.600. The molecule has 1 heterocycles. The molecule has 1 aliphatic rings. The first-order valence-corrected chi connectivity index (χ1v) is 6.66. The van der Waals surface area contributed by atoms with Gasteiger partial charge in [-0.15, -0.1) is 0 Å². The van der Waals surface area contributed by atoms with Crippen molar-refractivity contribution < 1.29 is 4.74 Å². The van der Waals surface area contributed by atoms with E-state index in [0.717, 1.165) is 24.8 Å². The topological polar surface area (TPSA) is 12.5 Å². The normalized spacial score (nSPS) is 21.4. The fourth-order valence-electron chi connectivity index (χ4n) is 2.49. The molecule has 0 N–H and O–H groups in total. The number of aryl methyl sites for hydroxylation is 1. The van der Waals surface area contributed by atoms with Crippen molar-refractivity contribution in [1.82, 2.24) is 4.90 Å². The Hall–Kier alpha value is -1.02. The summed E-state index contributed by atoms with van der Waals surface area (Å²) in [5, 5.41) is 0. The molecule has 2 heteroatoms. The molecule has 2 rings (SSSR count). The van der Waals surface area contributed by atoms with Crippen LogP contribution in [0.1, 0.15) is 25.3 Å². The maximum Gasteiger partial charge on any atom is 0.119 e. The van der Waals surface area contributed by atoms with Crippen molar-refractivity contribution in [2.24, 2.45) is 5.92 Å². The molecular formula is C15H23NO. The first-order valence-electron chi connectivity index (χ1n) is 6.66. The minimum absolute atomic E-state index is 0.802. The van der Waals surface area contributed by atoms with Gasteiger partial charge in [0.15, 0.2) is 0 Å². The molecular weight excluding hydrogens is 210 g/mol. The third-order valence-corrected chi connectivity index (χ3v) is 3.41. The Morgan fingerprint density at radius 1 is 1.41 bits per heavy atom. The van der Waals surface area contributed by atoms with E-state index in [1.165, 1.54) is 31.5 Å². The van der Waals surface area contributed by atoms with Gasteiger partial charge in [-0.05, 0) is 49.9 Å². The summed E-state index contributed by atoms with van der Waals surface area (Å²) in [5.74, 6) is 1.85. The molecule has 1 unspecified atom stereocenters. The molecule has 0 aliphatic carbocycles. The summed E-state index contributed by atoms with van der Waals surface area (Å²) in [6.07, 6.45) is 2.72. The molecule has 1 atom stereocenters. The SMILES string of the molecule is Cc1cccc(OCCN2CCCC(C)C2)c1. The van der Waals surface area contributed by atoms with Crippen LogP contribution in [0.5, 0.6) is 5.75 Å². The third-order valence-electron chi connectivity index (χ3n) is 3.41. The zero-order chi connectivity index (χ0) is 12.1. The number of rotatable bonds is 4. The summed E-state index contributed by atoms with van der Waals surface area (Å²) in [6.45, 7) is 8.76. The fourth-order valence-corrected chi connectivity index (χ4v) is 2.49. The van der Waals surface area contributed by atoms with Gasteiger partial charge >= 0.3 is 0 Å². The van der Waals surface area contributed by atoms with Crippen molar-refractivity contribution in [3.8, 4) is 5.75 Å². The second-order valence-corrected chi connectivity index (χ2v) is 5.21. The molecule has 1 fully saturated rings. The molecule has 94 valence electrons. The first kappa shape index (κ1) is 12.4. The van der Waals surface area contributed by atoms with Crippen molar-refractivity contribution in [3.05, 3.63) is 29.8 Å². The lowest BCUT2D eigenvalue weighted by Gasteiger charge is -2.30. The molecule has 0 bridgehead atoms. The van der Waals surface area contributed by atoms with Crippen molar-refractivity contribution in [2.45, 2.75) is 26.7 Å². The smallest absolute Gasteiger partial charge is 0.119 e. The summed E-state index contributed by atoms with van der Waals surface area (Å²) < 4.78 is 5.78. The largest absolute Gasteiger partial charge is 0.492 e. The van der Waals surface area contributed by atoms with E-state index in [1.54, 1.807) is 0 Å². The number of likely N-dealkylation sites (tertiary alicyclic amines) is 1. The summed E-state index contributed by atoms with van der Waals surface area (Å²) >= 11 is 0. The monoisotopic (exact) mass is 233 g/mol. The lowest BCUT2D eigenvalue weighted by Crippen LogP contribution is -2.37.